The molecule has 0 fully saturated rings. The SMILES string of the molecule is O=C(CCn1cnc2sccc2c1=O)NCc1ccc(OC(F)(F)F)cc1. The molecule has 0 aliphatic carbocycles. The van der Waals surface area contributed by atoms with E-state index in [2.05, 4.69) is 15.0 Å². The van der Waals surface area contributed by atoms with Crippen molar-refractivity contribution in [3.05, 3.63) is 58.0 Å². The smallest absolute Gasteiger partial charge is 0.406 e. The Morgan fingerprint density at radius 2 is 1.96 bits per heavy atom. The van der Waals surface area contributed by atoms with Crippen LogP contribution in [0.25, 0.3) is 10.2 Å². The lowest BCUT2D eigenvalue weighted by Gasteiger charge is -2.10. The molecule has 2 heterocycles. The van der Waals surface area contributed by atoms with Crippen molar-refractivity contribution in [3.63, 3.8) is 0 Å². The normalized spacial score (nSPS) is 11.5. The number of nitrogens with one attached hydrogen (secondary N) is 1. The Bertz CT molecular complexity index is 996. The van der Waals surface area contributed by atoms with Gasteiger partial charge < -0.3 is 10.1 Å². The minimum atomic E-state index is -4.74. The van der Waals surface area contributed by atoms with Gasteiger partial charge in [-0.15, -0.1) is 24.5 Å². The number of hydrogen-bond acceptors (Lipinski definition) is 5. The van der Waals surface area contributed by atoms with Crippen LogP contribution in [0.4, 0.5) is 13.2 Å². The maximum atomic E-state index is 12.2. The summed E-state index contributed by atoms with van der Waals surface area (Å²) in [7, 11) is 0. The topological polar surface area (TPSA) is 73.2 Å². The molecule has 0 radical (unpaired) electrons. The van der Waals surface area contributed by atoms with E-state index >= 15 is 0 Å². The zero-order chi connectivity index (χ0) is 19.4. The van der Waals surface area contributed by atoms with Gasteiger partial charge in [-0.2, -0.15) is 0 Å². The van der Waals surface area contributed by atoms with Gasteiger partial charge in [0.05, 0.1) is 11.7 Å². The summed E-state index contributed by atoms with van der Waals surface area (Å²) in [5.74, 6) is -0.615. The third-order valence-corrected chi connectivity index (χ3v) is 4.50. The van der Waals surface area contributed by atoms with Crippen molar-refractivity contribution in [3.8, 4) is 5.75 Å². The second-order valence-corrected chi connectivity index (χ2v) is 6.50. The van der Waals surface area contributed by atoms with Gasteiger partial charge in [0.2, 0.25) is 5.91 Å². The monoisotopic (exact) mass is 397 g/mol. The molecule has 0 aliphatic heterocycles. The van der Waals surface area contributed by atoms with Crippen LogP contribution in [0.15, 0.2) is 46.8 Å². The molecule has 3 aromatic rings. The Balaban J connectivity index is 1.50. The van der Waals surface area contributed by atoms with E-state index in [9.17, 15) is 22.8 Å². The van der Waals surface area contributed by atoms with Crippen molar-refractivity contribution in [2.45, 2.75) is 25.9 Å². The number of carbonyl (C=O) groups excluding carboxylic acids is 1. The van der Waals surface area contributed by atoms with Gasteiger partial charge in [0.25, 0.3) is 5.56 Å². The number of nitrogens with zero attached hydrogens (tertiary/aromatic N) is 2. The summed E-state index contributed by atoms with van der Waals surface area (Å²) in [6, 6.07) is 6.91. The molecule has 0 unspecified atom stereocenters. The van der Waals surface area contributed by atoms with Crippen LogP contribution in [0, 0.1) is 0 Å². The van der Waals surface area contributed by atoms with Crippen molar-refractivity contribution >= 4 is 27.5 Å². The van der Waals surface area contributed by atoms with Crippen LogP contribution < -0.4 is 15.6 Å². The fourth-order valence-corrected chi connectivity index (χ4v) is 3.10. The molecule has 0 aliphatic rings. The predicted octanol–water partition coefficient (Wildman–Crippen LogP) is 3.06. The van der Waals surface area contributed by atoms with Crippen molar-refractivity contribution in [2.75, 3.05) is 0 Å². The van der Waals surface area contributed by atoms with Crippen molar-refractivity contribution in [1.29, 1.82) is 0 Å². The van der Waals surface area contributed by atoms with Crippen molar-refractivity contribution in [2.24, 2.45) is 0 Å². The molecule has 0 saturated heterocycles. The maximum absolute atomic E-state index is 12.2. The zero-order valence-corrected chi connectivity index (χ0v) is 14.6. The van der Waals surface area contributed by atoms with Crippen LogP contribution in [-0.4, -0.2) is 21.8 Å². The molecule has 1 amide bonds. The quantitative estimate of drug-likeness (QED) is 0.694. The van der Waals surface area contributed by atoms with Crippen molar-refractivity contribution in [1.82, 2.24) is 14.9 Å². The van der Waals surface area contributed by atoms with E-state index in [4.69, 9.17) is 0 Å². The van der Waals surface area contributed by atoms with Crippen LogP contribution in [0.5, 0.6) is 5.75 Å². The minimum Gasteiger partial charge on any atom is -0.406 e. The highest BCUT2D eigenvalue weighted by Crippen LogP contribution is 2.22. The maximum Gasteiger partial charge on any atom is 0.573 e. The first-order valence-electron chi connectivity index (χ1n) is 7.86. The van der Waals surface area contributed by atoms with Gasteiger partial charge >= 0.3 is 6.36 Å². The lowest BCUT2D eigenvalue weighted by molar-refractivity contribution is -0.274. The highest BCUT2D eigenvalue weighted by Gasteiger charge is 2.30. The predicted molar refractivity (Wildman–Crippen MR) is 93.5 cm³/mol. The first kappa shape index (κ1) is 18.9. The summed E-state index contributed by atoms with van der Waals surface area (Å²) in [5.41, 5.74) is 0.422. The van der Waals surface area contributed by atoms with Gasteiger partial charge in [0, 0.05) is 19.5 Å². The van der Waals surface area contributed by atoms with Crippen LogP contribution in [0.2, 0.25) is 0 Å². The highest BCUT2D eigenvalue weighted by molar-refractivity contribution is 7.16. The molecule has 0 bridgehead atoms. The molecule has 0 atom stereocenters. The summed E-state index contributed by atoms with van der Waals surface area (Å²) in [6.45, 7) is 0.337. The Kier molecular flexibility index (Phi) is 5.45. The van der Waals surface area contributed by atoms with Gasteiger partial charge in [-0.3, -0.25) is 14.2 Å². The fraction of sp³-hybridized carbons (Fsp3) is 0.235. The molecule has 142 valence electrons. The second-order valence-electron chi connectivity index (χ2n) is 5.60. The van der Waals surface area contributed by atoms with Crippen LogP contribution in [0.1, 0.15) is 12.0 Å². The highest BCUT2D eigenvalue weighted by atomic mass is 32.1. The first-order chi connectivity index (χ1) is 12.8. The van der Waals surface area contributed by atoms with E-state index in [0.717, 1.165) is 0 Å². The van der Waals surface area contributed by atoms with Crippen LogP contribution >= 0.6 is 11.3 Å². The summed E-state index contributed by atoms with van der Waals surface area (Å²) in [6.07, 6.45) is -3.25. The third-order valence-electron chi connectivity index (χ3n) is 3.68. The number of ether oxygens (including phenoxy) is 1. The van der Waals surface area contributed by atoms with E-state index in [1.165, 1.54) is 46.5 Å². The van der Waals surface area contributed by atoms with Gasteiger partial charge in [-0.1, -0.05) is 12.1 Å². The molecule has 0 spiro atoms. The Hall–Kier alpha value is -2.88. The number of fused-ring (bicyclic) bond motifs is 1. The van der Waals surface area contributed by atoms with Crippen LogP contribution in [-0.2, 0) is 17.9 Å². The number of hydrogen-bond donors (Lipinski definition) is 1. The fourth-order valence-electron chi connectivity index (χ4n) is 2.37. The van der Waals surface area contributed by atoms with Gasteiger partial charge in [0.15, 0.2) is 0 Å². The average Bonchev–Trinajstić information content (AvgIpc) is 3.09. The standard InChI is InChI=1S/C17H14F3N3O3S/c18-17(19,20)26-12-3-1-11(2-4-12)9-21-14(24)5-7-23-10-22-15-13(16(23)25)6-8-27-15/h1-4,6,8,10H,5,7,9H2,(H,21,24). The van der Waals surface area contributed by atoms with E-state index in [-0.39, 0.29) is 36.7 Å². The number of benzene rings is 1. The third kappa shape index (κ3) is 5.07. The first-order valence-corrected chi connectivity index (χ1v) is 8.74. The van der Waals surface area contributed by atoms with Crippen molar-refractivity contribution < 1.29 is 22.7 Å². The number of thiophene rings is 1. The largest absolute Gasteiger partial charge is 0.573 e. The van der Waals surface area contributed by atoms with E-state index in [0.29, 0.717) is 15.8 Å². The number of aromatic nitrogens is 2. The average molecular weight is 397 g/mol. The molecule has 3 rings (SSSR count). The Labute approximate surface area is 155 Å². The number of rotatable bonds is 6. The number of alkyl halides is 3. The Morgan fingerprint density at radius 1 is 1.22 bits per heavy atom. The summed E-state index contributed by atoms with van der Waals surface area (Å²) in [5, 5.41) is 4.95. The molecule has 1 N–H and O–H groups in total. The van der Waals surface area contributed by atoms with Gasteiger partial charge in [-0.25, -0.2) is 4.98 Å². The van der Waals surface area contributed by atoms with Gasteiger partial charge in [0.1, 0.15) is 10.6 Å². The second kappa shape index (κ2) is 7.78. The molecular weight excluding hydrogens is 383 g/mol. The number of carbonyl (C=O) groups is 1. The van der Waals surface area contributed by atoms with Gasteiger partial charge in [-0.05, 0) is 29.1 Å². The van der Waals surface area contributed by atoms with Crippen LogP contribution in [0.3, 0.4) is 0 Å². The molecular formula is C17H14F3N3O3S. The molecule has 10 heteroatoms. The summed E-state index contributed by atoms with van der Waals surface area (Å²) in [4.78, 5) is 29.0. The molecule has 6 nitrogen and oxygen atoms in total. The molecule has 2 aromatic heterocycles. The Morgan fingerprint density at radius 3 is 2.67 bits per heavy atom. The minimum absolute atomic E-state index is 0.0759. The summed E-state index contributed by atoms with van der Waals surface area (Å²) < 4.78 is 41.5. The lowest BCUT2D eigenvalue weighted by Crippen LogP contribution is -2.27. The molecule has 0 saturated carbocycles. The zero-order valence-electron chi connectivity index (χ0n) is 13.8. The van der Waals surface area contributed by atoms with E-state index in [1.54, 1.807) is 11.4 Å². The molecule has 27 heavy (non-hydrogen) atoms. The number of amides is 1. The molecule has 1 aromatic carbocycles. The lowest BCUT2D eigenvalue weighted by atomic mass is 10.2. The number of aryl methyl sites for hydroxylation is 1. The van der Waals surface area contributed by atoms with E-state index in [1.807, 2.05) is 0 Å². The summed E-state index contributed by atoms with van der Waals surface area (Å²) >= 11 is 1.37. The van der Waals surface area contributed by atoms with E-state index < -0.39 is 6.36 Å². The number of halogens is 3.